The maximum atomic E-state index is 5.33. The number of hydrogen-bond acceptors (Lipinski definition) is 4. The summed E-state index contributed by atoms with van der Waals surface area (Å²) in [6.07, 6.45) is 1.87. The van der Waals surface area contributed by atoms with E-state index in [9.17, 15) is 0 Å². The first-order chi connectivity index (χ1) is 7.17. The van der Waals surface area contributed by atoms with Crippen molar-refractivity contribution in [3.05, 3.63) is 16.1 Å². The van der Waals surface area contributed by atoms with E-state index in [2.05, 4.69) is 20.7 Å². The van der Waals surface area contributed by atoms with Gasteiger partial charge in [-0.15, -0.1) is 11.3 Å². The number of aryl methyl sites for hydroxylation is 1. The smallest absolute Gasteiger partial charge is 0.206 e. The predicted molar refractivity (Wildman–Crippen MR) is 63.7 cm³/mol. The van der Waals surface area contributed by atoms with Crippen LogP contribution in [0.3, 0.4) is 0 Å². The Morgan fingerprint density at radius 2 is 2.47 bits per heavy atom. The highest BCUT2D eigenvalue weighted by Gasteiger charge is 2.10. The predicted octanol–water partition coefficient (Wildman–Crippen LogP) is 0.941. The Kier molecular flexibility index (Phi) is 4.51. The number of aromatic nitrogens is 1. The summed E-state index contributed by atoms with van der Waals surface area (Å²) in [6.45, 7) is 6.71. The van der Waals surface area contributed by atoms with Crippen LogP contribution < -0.4 is 16.6 Å². The van der Waals surface area contributed by atoms with Crippen LogP contribution in [0, 0.1) is 6.92 Å². The second kappa shape index (κ2) is 5.67. The van der Waals surface area contributed by atoms with Gasteiger partial charge in [0.05, 0.1) is 6.04 Å². The maximum Gasteiger partial charge on any atom is 0.206 e. The Hall–Kier alpha value is -1.14. The SMILES string of the molecule is CCN=C(NN)NC(C)c1ncc(C)s1. The third kappa shape index (κ3) is 3.49. The topological polar surface area (TPSA) is 75.3 Å². The standard InChI is InChI=1S/C9H17N5S/c1-4-11-9(14-10)13-7(3)8-12-5-6(2)15-8/h5,7H,4,10H2,1-3H3,(H2,11,13,14). The summed E-state index contributed by atoms with van der Waals surface area (Å²) in [6, 6.07) is 0.116. The molecule has 4 N–H and O–H groups in total. The Morgan fingerprint density at radius 3 is 2.93 bits per heavy atom. The molecule has 0 radical (unpaired) electrons. The minimum absolute atomic E-state index is 0.116. The highest BCUT2D eigenvalue weighted by Crippen LogP contribution is 2.18. The zero-order chi connectivity index (χ0) is 11.3. The number of nitrogens with two attached hydrogens (primary N) is 1. The molecule has 1 aromatic rings. The molecule has 0 spiro atoms. The van der Waals surface area contributed by atoms with E-state index in [4.69, 9.17) is 5.84 Å². The molecule has 15 heavy (non-hydrogen) atoms. The lowest BCUT2D eigenvalue weighted by molar-refractivity contribution is 0.684. The molecule has 6 heteroatoms. The summed E-state index contributed by atoms with van der Waals surface area (Å²) in [5.74, 6) is 5.93. The van der Waals surface area contributed by atoms with Crippen LogP contribution in [-0.4, -0.2) is 17.5 Å². The molecule has 0 aliphatic heterocycles. The summed E-state index contributed by atoms with van der Waals surface area (Å²) in [5.41, 5.74) is 2.53. The molecule has 0 bridgehead atoms. The van der Waals surface area contributed by atoms with Crippen LogP contribution in [0.15, 0.2) is 11.2 Å². The molecule has 0 aliphatic carbocycles. The molecule has 0 aliphatic rings. The quantitative estimate of drug-likeness (QED) is 0.311. The molecule has 0 aromatic carbocycles. The molecule has 1 rings (SSSR count). The Morgan fingerprint density at radius 1 is 1.73 bits per heavy atom. The summed E-state index contributed by atoms with van der Waals surface area (Å²) in [7, 11) is 0. The lowest BCUT2D eigenvalue weighted by Gasteiger charge is -2.13. The van der Waals surface area contributed by atoms with Gasteiger partial charge in [-0.05, 0) is 20.8 Å². The molecule has 84 valence electrons. The van der Waals surface area contributed by atoms with Crippen molar-refractivity contribution in [2.45, 2.75) is 26.8 Å². The van der Waals surface area contributed by atoms with Gasteiger partial charge in [-0.1, -0.05) is 0 Å². The molecule has 1 unspecified atom stereocenters. The van der Waals surface area contributed by atoms with Crippen molar-refractivity contribution in [1.82, 2.24) is 15.7 Å². The average molecular weight is 227 g/mol. The number of hydrogen-bond donors (Lipinski definition) is 3. The Bertz CT molecular complexity index is 333. The van der Waals surface area contributed by atoms with Gasteiger partial charge >= 0.3 is 0 Å². The second-order valence-corrected chi connectivity index (χ2v) is 4.41. The van der Waals surface area contributed by atoms with Crippen LogP contribution in [0.5, 0.6) is 0 Å². The molecule has 1 heterocycles. The van der Waals surface area contributed by atoms with Gasteiger partial charge in [-0.2, -0.15) is 0 Å². The summed E-state index contributed by atoms with van der Waals surface area (Å²) >= 11 is 1.67. The van der Waals surface area contributed by atoms with Crippen LogP contribution in [0.2, 0.25) is 0 Å². The Labute approximate surface area is 93.8 Å². The van der Waals surface area contributed by atoms with E-state index in [1.165, 1.54) is 4.88 Å². The van der Waals surface area contributed by atoms with E-state index < -0.39 is 0 Å². The van der Waals surface area contributed by atoms with Crippen molar-refractivity contribution in [2.75, 3.05) is 6.54 Å². The maximum absolute atomic E-state index is 5.33. The van der Waals surface area contributed by atoms with Crippen molar-refractivity contribution < 1.29 is 0 Å². The van der Waals surface area contributed by atoms with Gasteiger partial charge in [-0.3, -0.25) is 10.4 Å². The number of thiazole rings is 1. The minimum atomic E-state index is 0.116. The van der Waals surface area contributed by atoms with Crippen molar-refractivity contribution in [2.24, 2.45) is 10.8 Å². The van der Waals surface area contributed by atoms with Gasteiger partial charge in [0.1, 0.15) is 5.01 Å². The molecule has 0 saturated carbocycles. The number of nitrogens with one attached hydrogen (secondary N) is 2. The summed E-state index contributed by atoms with van der Waals surface area (Å²) in [4.78, 5) is 9.66. The highest BCUT2D eigenvalue weighted by molar-refractivity contribution is 7.11. The monoisotopic (exact) mass is 227 g/mol. The molecular formula is C9H17N5S. The zero-order valence-corrected chi connectivity index (χ0v) is 10.1. The number of guanidine groups is 1. The molecule has 0 saturated heterocycles. The van der Waals surface area contributed by atoms with Crippen molar-refractivity contribution in [3.63, 3.8) is 0 Å². The largest absolute Gasteiger partial charge is 0.346 e. The fraction of sp³-hybridized carbons (Fsp3) is 0.556. The van der Waals surface area contributed by atoms with Crippen LogP contribution in [-0.2, 0) is 0 Å². The van der Waals surface area contributed by atoms with Gasteiger partial charge in [0.2, 0.25) is 5.96 Å². The van der Waals surface area contributed by atoms with Crippen LogP contribution in [0.4, 0.5) is 0 Å². The van der Waals surface area contributed by atoms with Gasteiger partial charge < -0.3 is 5.32 Å². The Balaban J connectivity index is 2.62. The summed E-state index contributed by atoms with van der Waals surface area (Å²) in [5, 5.41) is 4.19. The molecule has 0 fully saturated rings. The van der Waals surface area contributed by atoms with Crippen LogP contribution in [0.1, 0.15) is 29.8 Å². The first-order valence-corrected chi connectivity index (χ1v) is 5.69. The first-order valence-electron chi connectivity index (χ1n) is 4.87. The third-order valence-corrected chi connectivity index (χ3v) is 2.91. The third-order valence-electron chi connectivity index (χ3n) is 1.82. The zero-order valence-electron chi connectivity index (χ0n) is 9.24. The molecule has 1 aromatic heterocycles. The van der Waals surface area contributed by atoms with Gasteiger partial charge in [-0.25, -0.2) is 10.8 Å². The van der Waals surface area contributed by atoms with E-state index in [1.54, 1.807) is 11.3 Å². The fourth-order valence-corrected chi connectivity index (χ4v) is 1.91. The normalized spacial score (nSPS) is 13.7. The van der Waals surface area contributed by atoms with E-state index >= 15 is 0 Å². The van der Waals surface area contributed by atoms with E-state index in [-0.39, 0.29) is 6.04 Å². The van der Waals surface area contributed by atoms with E-state index in [0.29, 0.717) is 12.5 Å². The number of rotatable bonds is 3. The van der Waals surface area contributed by atoms with Crippen LogP contribution in [0.25, 0.3) is 0 Å². The lowest BCUT2D eigenvalue weighted by Crippen LogP contribution is -2.42. The number of aliphatic imine (C=N–C) groups is 1. The number of nitrogens with zero attached hydrogens (tertiary/aromatic N) is 2. The van der Waals surface area contributed by atoms with Crippen molar-refractivity contribution in [3.8, 4) is 0 Å². The van der Waals surface area contributed by atoms with Gasteiger partial charge in [0.15, 0.2) is 0 Å². The fourth-order valence-electron chi connectivity index (χ4n) is 1.13. The van der Waals surface area contributed by atoms with E-state index in [0.717, 1.165) is 5.01 Å². The second-order valence-electron chi connectivity index (χ2n) is 3.14. The van der Waals surface area contributed by atoms with Crippen molar-refractivity contribution in [1.29, 1.82) is 0 Å². The van der Waals surface area contributed by atoms with E-state index in [1.807, 2.05) is 27.0 Å². The van der Waals surface area contributed by atoms with Gasteiger partial charge in [0.25, 0.3) is 0 Å². The molecule has 0 amide bonds. The minimum Gasteiger partial charge on any atom is -0.346 e. The van der Waals surface area contributed by atoms with Crippen molar-refractivity contribution >= 4 is 17.3 Å². The van der Waals surface area contributed by atoms with Crippen LogP contribution >= 0.6 is 11.3 Å². The average Bonchev–Trinajstić information content (AvgIpc) is 2.64. The molecule has 5 nitrogen and oxygen atoms in total. The molecular weight excluding hydrogens is 210 g/mol. The van der Waals surface area contributed by atoms with Gasteiger partial charge in [0, 0.05) is 17.6 Å². The molecule has 1 atom stereocenters. The highest BCUT2D eigenvalue weighted by atomic mass is 32.1. The first kappa shape index (κ1) is 11.9. The summed E-state index contributed by atoms with van der Waals surface area (Å²) < 4.78 is 0. The number of hydrazine groups is 1. The lowest BCUT2D eigenvalue weighted by atomic mass is 10.3.